The van der Waals surface area contributed by atoms with Crippen molar-refractivity contribution in [3.63, 3.8) is 0 Å². The number of benzene rings is 2. The summed E-state index contributed by atoms with van der Waals surface area (Å²) in [5.41, 5.74) is 4.48. The first kappa shape index (κ1) is 19.1. The second-order valence-corrected chi connectivity index (χ2v) is 8.12. The lowest BCUT2D eigenvalue weighted by Gasteiger charge is -2.27. The average Bonchev–Trinajstić information content (AvgIpc) is 3.05. The number of carbonyl (C=O) groups excluding carboxylic acids is 3. The van der Waals surface area contributed by atoms with E-state index >= 15 is 0 Å². The van der Waals surface area contributed by atoms with Crippen molar-refractivity contribution >= 4 is 34.8 Å². The van der Waals surface area contributed by atoms with Crippen molar-refractivity contribution in [2.45, 2.75) is 13.8 Å². The maximum absolute atomic E-state index is 13.5. The molecule has 0 saturated heterocycles. The van der Waals surface area contributed by atoms with Gasteiger partial charge in [-0.3, -0.25) is 4.79 Å². The Morgan fingerprint density at radius 1 is 1.03 bits per heavy atom. The Bertz CT molecular complexity index is 1320. The third-order valence-corrected chi connectivity index (χ3v) is 6.22. The minimum atomic E-state index is -0.751. The predicted octanol–water partition coefficient (Wildman–Crippen LogP) is 2.71. The number of aryl methyl sites for hydroxylation is 2. The van der Waals surface area contributed by atoms with Crippen LogP contribution in [0, 0.1) is 19.8 Å². The maximum Gasteiger partial charge on any atom is 0.445 e. The number of aliphatic imine (C=N–C) groups is 1. The molecule has 0 fully saturated rings. The summed E-state index contributed by atoms with van der Waals surface area (Å²) < 4.78 is 1.34. The highest BCUT2D eigenvalue weighted by atomic mass is 16.3. The third-order valence-electron chi connectivity index (χ3n) is 6.22. The molecule has 0 aromatic heterocycles. The standard InChI is InChI=1S/C24H19N3O4/c1-11-9-13(10-12(2)20(11)28)16-17-19(14-7-5-6-8-15(14)21(17)29)25-22-18(16)23(30)27(4)24(31)26(22)3/h5-10,17H,1-4H3/p+1. The van der Waals surface area contributed by atoms with Gasteiger partial charge in [-0.05, 0) is 48.2 Å². The van der Waals surface area contributed by atoms with Crippen molar-refractivity contribution in [1.29, 1.82) is 0 Å². The molecule has 154 valence electrons. The van der Waals surface area contributed by atoms with Gasteiger partial charge in [-0.2, -0.15) is 9.48 Å². The quantitative estimate of drug-likeness (QED) is 0.727. The molecule has 1 aliphatic carbocycles. The van der Waals surface area contributed by atoms with Crippen LogP contribution in [0.2, 0.25) is 0 Å². The molecule has 1 atom stereocenters. The molecule has 1 unspecified atom stereocenters. The Morgan fingerprint density at radius 2 is 1.65 bits per heavy atom. The maximum atomic E-state index is 13.5. The summed E-state index contributed by atoms with van der Waals surface area (Å²) >= 11 is 0. The van der Waals surface area contributed by atoms with Crippen LogP contribution < -0.4 is 0 Å². The molecule has 2 aromatic rings. The molecule has 7 heteroatoms. The van der Waals surface area contributed by atoms with Gasteiger partial charge in [0.05, 0.1) is 14.1 Å². The van der Waals surface area contributed by atoms with Gasteiger partial charge in [-0.15, -0.1) is 4.99 Å². The number of ketones is 1. The summed E-state index contributed by atoms with van der Waals surface area (Å²) in [4.78, 5) is 45.1. The monoisotopic (exact) mass is 414 g/mol. The molecule has 2 aromatic carbocycles. The number of carbonyl (C=O) groups is 3. The van der Waals surface area contributed by atoms with E-state index in [2.05, 4.69) is 4.99 Å². The van der Waals surface area contributed by atoms with Crippen molar-refractivity contribution in [3.8, 4) is 5.75 Å². The van der Waals surface area contributed by atoms with Gasteiger partial charge >= 0.3 is 11.9 Å². The lowest BCUT2D eigenvalue weighted by molar-refractivity contribution is -0.403. The van der Waals surface area contributed by atoms with E-state index in [1.807, 2.05) is 12.1 Å². The van der Waals surface area contributed by atoms with Crippen LogP contribution in [0.5, 0.6) is 5.75 Å². The van der Waals surface area contributed by atoms with Crippen molar-refractivity contribution in [2.75, 3.05) is 14.1 Å². The SMILES string of the molecule is Cc1cc(C2=C3C(=O)N(C)C(=O)[N+](C)=C3N=C3c4ccccc4C(=O)C32)cc(C)c1O. The van der Waals surface area contributed by atoms with Gasteiger partial charge in [0.2, 0.25) is 0 Å². The highest BCUT2D eigenvalue weighted by molar-refractivity contribution is 6.43. The number of urea groups is 1. The number of nitrogens with zero attached hydrogens (tertiary/aromatic N) is 3. The normalized spacial score (nSPS) is 20.1. The van der Waals surface area contributed by atoms with Gasteiger partial charge < -0.3 is 5.11 Å². The number of Topliss-reactive ketones (excluding diaryl/α,β-unsaturated/α-hetero) is 1. The molecule has 0 spiro atoms. The summed E-state index contributed by atoms with van der Waals surface area (Å²) in [5.74, 6) is -0.971. The van der Waals surface area contributed by atoms with E-state index in [0.717, 1.165) is 4.90 Å². The van der Waals surface area contributed by atoms with Gasteiger partial charge in [0.25, 0.3) is 5.84 Å². The van der Waals surface area contributed by atoms with Crippen LogP contribution in [0.1, 0.15) is 32.6 Å². The van der Waals surface area contributed by atoms with Crippen LogP contribution in [0.25, 0.3) is 5.57 Å². The lowest BCUT2D eigenvalue weighted by atomic mass is 9.80. The van der Waals surface area contributed by atoms with E-state index in [9.17, 15) is 19.5 Å². The van der Waals surface area contributed by atoms with Gasteiger partial charge in [-0.1, -0.05) is 24.3 Å². The summed E-state index contributed by atoms with van der Waals surface area (Å²) in [6, 6.07) is 10.3. The summed E-state index contributed by atoms with van der Waals surface area (Å²) in [5, 5.41) is 10.3. The Morgan fingerprint density at radius 3 is 2.29 bits per heavy atom. The van der Waals surface area contributed by atoms with E-state index in [-0.39, 0.29) is 22.9 Å². The van der Waals surface area contributed by atoms with Gasteiger partial charge in [0.15, 0.2) is 5.78 Å². The molecule has 5 rings (SSSR count). The van der Waals surface area contributed by atoms with Crippen molar-refractivity contribution in [3.05, 3.63) is 69.8 Å². The number of hydrogen-bond acceptors (Lipinski definition) is 5. The van der Waals surface area contributed by atoms with E-state index in [0.29, 0.717) is 39.1 Å². The number of allylic oxidation sites excluding steroid dienone is 1. The minimum absolute atomic E-state index is 0.130. The molecule has 1 N–H and O–H groups in total. The number of rotatable bonds is 1. The van der Waals surface area contributed by atoms with Crippen LogP contribution in [-0.2, 0) is 4.79 Å². The largest absolute Gasteiger partial charge is 0.507 e. The summed E-state index contributed by atoms with van der Waals surface area (Å²) in [6.45, 7) is 3.55. The molecule has 7 nitrogen and oxygen atoms in total. The molecular formula is C24H20N3O4+. The minimum Gasteiger partial charge on any atom is -0.507 e. The Balaban J connectivity index is 1.90. The lowest BCUT2D eigenvalue weighted by Crippen LogP contribution is -2.49. The smallest absolute Gasteiger partial charge is 0.445 e. The van der Waals surface area contributed by atoms with Gasteiger partial charge in [-0.25, -0.2) is 9.59 Å². The summed E-state index contributed by atoms with van der Waals surface area (Å²) in [6.07, 6.45) is 0. The molecule has 3 aliphatic rings. The second-order valence-electron chi connectivity index (χ2n) is 8.12. The highest BCUT2D eigenvalue weighted by Crippen LogP contribution is 2.43. The zero-order valence-electron chi connectivity index (χ0n) is 17.6. The number of amidine groups is 1. The van der Waals surface area contributed by atoms with E-state index in [1.165, 1.54) is 11.6 Å². The third kappa shape index (κ3) is 2.43. The van der Waals surface area contributed by atoms with Crippen molar-refractivity contribution in [2.24, 2.45) is 10.9 Å². The van der Waals surface area contributed by atoms with Crippen LogP contribution in [0.15, 0.2) is 47.0 Å². The molecular weight excluding hydrogens is 394 g/mol. The zero-order chi connectivity index (χ0) is 22.2. The van der Waals surface area contributed by atoms with Crippen molar-refractivity contribution in [1.82, 2.24) is 4.90 Å². The highest BCUT2D eigenvalue weighted by Gasteiger charge is 2.52. The van der Waals surface area contributed by atoms with Gasteiger partial charge in [0, 0.05) is 11.1 Å². The first-order valence-electron chi connectivity index (χ1n) is 9.92. The number of hydrogen-bond donors (Lipinski definition) is 1. The fourth-order valence-electron chi connectivity index (χ4n) is 4.63. The fourth-order valence-corrected chi connectivity index (χ4v) is 4.63. The Hall–Kier alpha value is -3.87. The molecule has 0 saturated carbocycles. The molecule has 2 aliphatic heterocycles. The Labute approximate surface area is 178 Å². The number of aromatic hydroxyl groups is 1. The van der Waals surface area contributed by atoms with Crippen LogP contribution in [-0.4, -0.2) is 57.9 Å². The summed E-state index contributed by atoms with van der Waals surface area (Å²) in [7, 11) is 2.99. The molecule has 3 amide bonds. The first-order valence-corrected chi connectivity index (χ1v) is 9.92. The van der Waals surface area contributed by atoms with Crippen LogP contribution in [0.4, 0.5) is 4.79 Å². The number of phenolic OH excluding ortho intramolecular Hbond substituents is 1. The number of fused-ring (bicyclic) bond motifs is 4. The van der Waals surface area contributed by atoms with Gasteiger partial charge in [0.1, 0.15) is 23.0 Å². The van der Waals surface area contributed by atoms with Crippen molar-refractivity contribution < 1.29 is 24.1 Å². The van der Waals surface area contributed by atoms with E-state index in [1.54, 1.807) is 45.2 Å². The van der Waals surface area contributed by atoms with Crippen LogP contribution in [0.3, 0.4) is 0 Å². The number of imide groups is 1. The van der Waals surface area contributed by atoms with E-state index < -0.39 is 17.9 Å². The Kier molecular flexibility index (Phi) is 3.89. The number of amides is 3. The second kappa shape index (κ2) is 6.31. The molecule has 0 radical (unpaired) electrons. The molecule has 2 heterocycles. The fraction of sp³-hybridized carbons (Fsp3) is 0.208. The van der Waals surface area contributed by atoms with Crippen LogP contribution >= 0.6 is 0 Å². The van der Waals surface area contributed by atoms with E-state index in [4.69, 9.17) is 0 Å². The number of phenols is 1. The first-order chi connectivity index (χ1) is 14.7. The molecule has 31 heavy (non-hydrogen) atoms. The number of likely N-dealkylation sites (N-methyl/N-ethyl adjacent to an activating group) is 1. The topological polar surface area (TPSA) is 90.0 Å². The zero-order valence-corrected chi connectivity index (χ0v) is 17.6. The molecule has 0 bridgehead atoms. The average molecular weight is 414 g/mol. The predicted molar refractivity (Wildman–Crippen MR) is 115 cm³/mol. The number of dihydropyridines is 1.